The molecule has 1 aromatic heterocycles. The predicted octanol–water partition coefficient (Wildman–Crippen LogP) is 2.24. The summed E-state index contributed by atoms with van der Waals surface area (Å²) in [6, 6.07) is 13.9. The van der Waals surface area contributed by atoms with Crippen molar-refractivity contribution in [3.63, 3.8) is 0 Å². The maximum atomic E-state index is 12.5. The first-order valence-corrected chi connectivity index (χ1v) is 9.20. The minimum atomic E-state index is -0.757. The molecule has 9 nitrogen and oxygen atoms in total. The Morgan fingerprint density at radius 3 is 2.76 bits per heavy atom. The number of carbonyl (C=O) groups excluding carboxylic acids is 2. The Balaban J connectivity index is 1.31. The number of anilines is 2. The highest BCUT2D eigenvalue weighted by molar-refractivity contribution is 6.01. The number of aromatic nitrogens is 3. The maximum Gasteiger partial charge on any atom is 0.252 e. The minimum absolute atomic E-state index is 0.0646. The van der Waals surface area contributed by atoms with E-state index < -0.39 is 6.04 Å². The molecular formula is C20H17N5O4. The molecule has 2 aliphatic heterocycles. The molecule has 29 heavy (non-hydrogen) atoms. The SMILES string of the molecule is O=C(C[C@@H]1C(=O)Nc2nc(-c3ccccc3)nn21)Nc1ccc2c(c1)OCCO2. The summed E-state index contributed by atoms with van der Waals surface area (Å²) in [6.07, 6.45) is -0.0646. The fourth-order valence-corrected chi connectivity index (χ4v) is 3.33. The monoisotopic (exact) mass is 391 g/mol. The van der Waals surface area contributed by atoms with E-state index in [0.717, 1.165) is 5.56 Å². The first-order chi connectivity index (χ1) is 14.2. The van der Waals surface area contributed by atoms with E-state index in [1.807, 2.05) is 30.3 Å². The molecule has 2 aliphatic rings. The molecule has 3 aromatic rings. The van der Waals surface area contributed by atoms with Crippen molar-refractivity contribution in [1.29, 1.82) is 0 Å². The number of carbonyl (C=O) groups is 2. The molecule has 2 N–H and O–H groups in total. The number of amides is 2. The van der Waals surface area contributed by atoms with Gasteiger partial charge in [0.05, 0.1) is 6.42 Å². The first kappa shape index (κ1) is 17.2. The highest BCUT2D eigenvalue weighted by Crippen LogP contribution is 2.33. The Bertz CT molecular complexity index is 1100. The van der Waals surface area contributed by atoms with Gasteiger partial charge in [-0.05, 0) is 12.1 Å². The molecular weight excluding hydrogens is 374 g/mol. The van der Waals surface area contributed by atoms with Gasteiger partial charge in [0.15, 0.2) is 17.3 Å². The summed E-state index contributed by atoms with van der Waals surface area (Å²) in [5, 5.41) is 9.89. The smallest absolute Gasteiger partial charge is 0.252 e. The number of hydrogen-bond acceptors (Lipinski definition) is 6. The van der Waals surface area contributed by atoms with Crippen LogP contribution in [-0.4, -0.2) is 39.8 Å². The van der Waals surface area contributed by atoms with Gasteiger partial charge in [-0.15, -0.1) is 5.10 Å². The number of rotatable bonds is 4. The maximum absolute atomic E-state index is 12.5. The first-order valence-electron chi connectivity index (χ1n) is 9.20. The second kappa shape index (κ2) is 6.93. The lowest BCUT2D eigenvalue weighted by atomic mass is 10.2. The summed E-state index contributed by atoms with van der Waals surface area (Å²) < 4.78 is 12.5. The van der Waals surface area contributed by atoms with Crippen molar-refractivity contribution in [2.45, 2.75) is 12.5 Å². The second-order valence-electron chi connectivity index (χ2n) is 6.69. The molecule has 0 unspecified atom stereocenters. The van der Waals surface area contributed by atoms with Crippen LogP contribution in [0.3, 0.4) is 0 Å². The number of ether oxygens (including phenoxy) is 2. The van der Waals surface area contributed by atoms with E-state index in [-0.39, 0.29) is 18.2 Å². The van der Waals surface area contributed by atoms with Crippen LogP contribution in [0.1, 0.15) is 12.5 Å². The molecule has 0 aliphatic carbocycles. The lowest BCUT2D eigenvalue weighted by Crippen LogP contribution is -2.24. The number of nitrogens with one attached hydrogen (secondary N) is 2. The van der Waals surface area contributed by atoms with Crippen LogP contribution in [-0.2, 0) is 9.59 Å². The predicted molar refractivity (Wildman–Crippen MR) is 104 cm³/mol. The molecule has 0 saturated carbocycles. The summed E-state index contributed by atoms with van der Waals surface area (Å²) in [5.41, 5.74) is 1.41. The Kier molecular flexibility index (Phi) is 4.12. The van der Waals surface area contributed by atoms with Crippen molar-refractivity contribution >= 4 is 23.5 Å². The summed E-state index contributed by atoms with van der Waals surface area (Å²) in [6.45, 7) is 0.964. The van der Waals surface area contributed by atoms with E-state index in [0.29, 0.717) is 42.2 Å². The standard InChI is InChI=1S/C20H17N5O4/c26-17(21-13-6-7-15-16(10-13)29-9-8-28-15)11-14-19(27)23-20-22-18(24-25(14)20)12-4-2-1-3-5-12/h1-7,10,14H,8-9,11H2,(H,21,26)(H,22,23,24,27)/t14-/m1/s1. The van der Waals surface area contributed by atoms with Crippen LogP contribution in [0, 0.1) is 0 Å². The van der Waals surface area contributed by atoms with Gasteiger partial charge < -0.3 is 14.8 Å². The van der Waals surface area contributed by atoms with Gasteiger partial charge in [-0.1, -0.05) is 30.3 Å². The molecule has 0 bridgehead atoms. The summed E-state index contributed by atoms with van der Waals surface area (Å²) in [5.74, 6) is 1.44. The zero-order chi connectivity index (χ0) is 19.8. The lowest BCUT2D eigenvalue weighted by molar-refractivity contribution is -0.123. The third-order valence-electron chi connectivity index (χ3n) is 4.70. The van der Waals surface area contributed by atoms with Crippen LogP contribution in [0.2, 0.25) is 0 Å². The summed E-state index contributed by atoms with van der Waals surface area (Å²) >= 11 is 0. The average Bonchev–Trinajstić information content (AvgIpc) is 3.27. The van der Waals surface area contributed by atoms with Gasteiger partial charge in [0.1, 0.15) is 19.3 Å². The van der Waals surface area contributed by atoms with Gasteiger partial charge in [-0.3, -0.25) is 14.9 Å². The van der Waals surface area contributed by atoms with Crippen molar-refractivity contribution in [2.75, 3.05) is 23.8 Å². The summed E-state index contributed by atoms with van der Waals surface area (Å²) in [4.78, 5) is 29.2. The van der Waals surface area contributed by atoms with Gasteiger partial charge in [-0.2, -0.15) is 4.98 Å². The zero-order valence-electron chi connectivity index (χ0n) is 15.3. The third-order valence-corrected chi connectivity index (χ3v) is 4.70. The van der Waals surface area contributed by atoms with E-state index >= 15 is 0 Å². The van der Waals surface area contributed by atoms with Gasteiger partial charge in [-0.25, -0.2) is 4.68 Å². The van der Waals surface area contributed by atoms with Crippen LogP contribution in [0.4, 0.5) is 11.6 Å². The van der Waals surface area contributed by atoms with Crippen LogP contribution in [0.5, 0.6) is 11.5 Å². The number of hydrogen-bond donors (Lipinski definition) is 2. The van der Waals surface area contributed by atoms with Gasteiger partial charge in [0, 0.05) is 17.3 Å². The van der Waals surface area contributed by atoms with Gasteiger partial charge in [0.25, 0.3) is 5.91 Å². The molecule has 0 spiro atoms. The fraction of sp³-hybridized carbons (Fsp3) is 0.200. The van der Waals surface area contributed by atoms with Crippen molar-refractivity contribution in [3.05, 3.63) is 48.5 Å². The molecule has 2 amide bonds. The van der Waals surface area contributed by atoms with Crippen LogP contribution < -0.4 is 20.1 Å². The lowest BCUT2D eigenvalue weighted by Gasteiger charge is -2.19. The van der Waals surface area contributed by atoms with E-state index in [2.05, 4.69) is 20.7 Å². The molecule has 2 aromatic carbocycles. The van der Waals surface area contributed by atoms with Crippen molar-refractivity contribution < 1.29 is 19.1 Å². The molecule has 0 radical (unpaired) electrons. The molecule has 0 saturated heterocycles. The highest BCUT2D eigenvalue weighted by atomic mass is 16.6. The van der Waals surface area contributed by atoms with Crippen LogP contribution in [0.25, 0.3) is 11.4 Å². The van der Waals surface area contributed by atoms with E-state index in [9.17, 15) is 9.59 Å². The largest absolute Gasteiger partial charge is 0.486 e. The minimum Gasteiger partial charge on any atom is -0.486 e. The van der Waals surface area contributed by atoms with Crippen molar-refractivity contribution in [2.24, 2.45) is 0 Å². The molecule has 3 heterocycles. The number of nitrogens with zero attached hydrogens (tertiary/aromatic N) is 3. The van der Waals surface area contributed by atoms with Crippen LogP contribution >= 0.6 is 0 Å². The van der Waals surface area contributed by atoms with Gasteiger partial charge >= 0.3 is 0 Å². The van der Waals surface area contributed by atoms with Crippen LogP contribution in [0.15, 0.2) is 48.5 Å². The van der Waals surface area contributed by atoms with E-state index in [1.54, 1.807) is 18.2 Å². The molecule has 146 valence electrons. The number of fused-ring (bicyclic) bond motifs is 2. The Labute approximate surface area is 165 Å². The van der Waals surface area contributed by atoms with Gasteiger partial charge in [0.2, 0.25) is 11.9 Å². The third kappa shape index (κ3) is 3.27. The summed E-state index contributed by atoms with van der Waals surface area (Å²) in [7, 11) is 0. The Hall–Kier alpha value is -3.88. The Morgan fingerprint density at radius 2 is 1.93 bits per heavy atom. The van der Waals surface area contributed by atoms with Crippen molar-refractivity contribution in [1.82, 2.24) is 14.8 Å². The molecule has 9 heteroatoms. The van der Waals surface area contributed by atoms with E-state index in [1.165, 1.54) is 4.68 Å². The van der Waals surface area contributed by atoms with E-state index in [4.69, 9.17) is 9.47 Å². The second-order valence-corrected chi connectivity index (χ2v) is 6.69. The number of benzene rings is 2. The zero-order valence-corrected chi connectivity index (χ0v) is 15.3. The topological polar surface area (TPSA) is 107 Å². The normalized spacial score (nSPS) is 16.8. The fourth-order valence-electron chi connectivity index (χ4n) is 3.33. The highest BCUT2D eigenvalue weighted by Gasteiger charge is 2.35. The molecule has 0 fully saturated rings. The molecule has 1 atom stereocenters. The molecule has 5 rings (SSSR count). The quantitative estimate of drug-likeness (QED) is 0.706. The van der Waals surface area contributed by atoms with Crippen molar-refractivity contribution in [3.8, 4) is 22.9 Å². The Morgan fingerprint density at radius 1 is 1.14 bits per heavy atom. The average molecular weight is 391 g/mol.